The van der Waals surface area contributed by atoms with Crippen LogP contribution in [0.4, 0.5) is 5.69 Å². The zero-order chi connectivity index (χ0) is 13.5. The number of hydrogen-bond donors (Lipinski definition) is 3. The Balaban J connectivity index is 2.66. The summed E-state index contributed by atoms with van der Waals surface area (Å²) < 4.78 is 0. The van der Waals surface area contributed by atoms with E-state index < -0.39 is 17.9 Å². The minimum atomic E-state index is -1.02. The molecule has 1 amide bonds. The second-order valence-corrected chi connectivity index (χ2v) is 4.75. The second kappa shape index (κ2) is 6.90. The fourth-order valence-electron chi connectivity index (χ4n) is 1.37. The van der Waals surface area contributed by atoms with Crippen molar-refractivity contribution in [3.05, 3.63) is 29.8 Å². The summed E-state index contributed by atoms with van der Waals surface area (Å²) in [5.74, 6) is -0.740. The van der Waals surface area contributed by atoms with Gasteiger partial charge in [-0.15, -0.1) is 0 Å². The number of carboxylic acid groups (broad SMARTS) is 1. The summed E-state index contributed by atoms with van der Waals surface area (Å²) in [6, 6.07) is 5.48. The van der Waals surface area contributed by atoms with E-state index in [0.717, 1.165) is 0 Å². The van der Waals surface area contributed by atoms with E-state index in [1.165, 1.54) is 0 Å². The Hall–Kier alpha value is -1.69. The van der Waals surface area contributed by atoms with Crippen molar-refractivity contribution in [2.45, 2.75) is 12.5 Å². The van der Waals surface area contributed by atoms with Gasteiger partial charge in [-0.1, -0.05) is 0 Å². The summed E-state index contributed by atoms with van der Waals surface area (Å²) in [5.41, 5.74) is 6.47. The summed E-state index contributed by atoms with van der Waals surface area (Å²) in [7, 11) is 0. The summed E-state index contributed by atoms with van der Waals surface area (Å²) in [6.07, 6.45) is 2.29. The summed E-state index contributed by atoms with van der Waals surface area (Å²) in [4.78, 5) is 22.8. The van der Waals surface area contributed by atoms with Crippen LogP contribution in [0.2, 0.25) is 0 Å². The first-order chi connectivity index (χ1) is 8.54. The van der Waals surface area contributed by atoms with Crippen LogP contribution in [-0.4, -0.2) is 35.0 Å². The summed E-state index contributed by atoms with van der Waals surface area (Å²) >= 11 is 1.54. The number of hydrogen-bond acceptors (Lipinski definition) is 4. The highest BCUT2D eigenvalue weighted by Gasteiger charge is 2.19. The lowest BCUT2D eigenvalue weighted by atomic mass is 10.1. The fraction of sp³-hybridized carbons (Fsp3) is 0.333. The van der Waals surface area contributed by atoms with Crippen LogP contribution in [0.1, 0.15) is 16.8 Å². The lowest BCUT2D eigenvalue weighted by molar-refractivity contribution is -0.139. The number of rotatable bonds is 6. The first-order valence-electron chi connectivity index (χ1n) is 5.42. The largest absolute Gasteiger partial charge is 0.480 e. The third-order valence-electron chi connectivity index (χ3n) is 2.39. The third kappa shape index (κ3) is 4.29. The lowest BCUT2D eigenvalue weighted by Crippen LogP contribution is -2.41. The number of carbonyl (C=O) groups excluding carboxylic acids is 1. The van der Waals surface area contributed by atoms with Gasteiger partial charge in [0.25, 0.3) is 5.91 Å². The van der Waals surface area contributed by atoms with Gasteiger partial charge in [-0.3, -0.25) is 4.79 Å². The zero-order valence-corrected chi connectivity index (χ0v) is 10.9. The Kier molecular flexibility index (Phi) is 5.51. The molecule has 6 heteroatoms. The third-order valence-corrected chi connectivity index (χ3v) is 3.03. The minimum Gasteiger partial charge on any atom is -0.480 e. The maximum atomic E-state index is 11.8. The zero-order valence-electron chi connectivity index (χ0n) is 10.1. The first kappa shape index (κ1) is 14.4. The van der Waals surface area contributed by atoms with Crippen molar-refractivity contribution in [3.63, 3.8) is 0 Å². The SMILES string of the molecule is CSCCC(NC(=O)c1ccc(N)cc1)C(=O)O. The molecule has 1 atom stereocenters. The molecular formula is C12H16N2O3S. The van der Waals surface area contributed by atoms with E-state index >= 15 is 0 Å². The number of carbonyl (C=O) groups is 2. The van der Waals surface area contributed by atoms with Gasteiger partial charge in [0.1, 0.15) is 6.04 Å². The molecule has 0 aliphatic rings. The van der Waals surface area contributed by atoms with Gasteiger partial charge in [0.15, 0.2) is 0 Å². The number of nitrogens with two attached hydrogens (primary N) is 1. The van der Waals surface area contributed by atoms with Gasteiger partial charge in [0.05, 0.1) is 0 Å². The molecule has 18 heavy (non-hydrogen) atoms. The number of nitrogen functional groups attached to an aromatic ring is 1. The Labute approximate surface area is 110 Å². The molecule has 0 aliphatic heterocycles. The first-order valence-corrected chi connectivity index (χ1v) is 6.82. The van der Waals surface area contributed by atoms with Crippen LogP contribution in [0, 0.1) is 0 Å². The average Bonchev–Trinajstić information content (AvgIpc) is 2.34. The van der Waals surface area contributed by atoms with E-state index in [9.17, 15) is 9.59 Å². The lowest BCUT2D eigenvalue weighted by Gasteiger charge is -2.13. The number of benzene rings is 1. The molecule has 1 aromatic carbocycles. The molecule has 0 saturated heterocycles. The maximum Gasteiger partial charge on any atom is 0.326 e. The summed E-state index contributed by atoms with van der Waals surface area (Å²) in [6.45, 7) is 0. The van der Waals surface area contributed by atoms with Crippen LogP contribution >= 0.6 is 11.8 Å². The molecule has 0 bridgehead atoms. The topological polar surface area (TPSA) is 92.4 Å². The Morgan fingerprint density at radius 1 is 1.39 bits per heavy atom. The number of amides is 1. The van der Waals surface area contributed by atoms with Crippen LogP contribution in [0.25, 0.3) is 0 Å². The second-order valence-electron chi connectivity index (χ2n) is 3.77. The number of thioether (sulfide) groups is 1. The van der Waals surface area contributed by atoms with E-state index in [-0.39, 0.29) is 0 Å². The van der Waals surface area contributed by atoms with Crippen molar-refractivity contribution in [2.24, 2.45) is 0 Å². The van der Waals surface area contributed by atoms with Crippen molar-refractivity contribution in [2.75, 3.05) is 17.7 Å². The van der Waals surface area contributed by atoms with Gasteiger partial charge >= 0.3 is 5.97 Å². The molecule has 0 aromatic heterocycles. The molecule has 1 unspecified atom stereocenters. The van der Waals surface area contributed by atoms with Gasteiger partial charge in [0, 0.05) is 11.3 Å². The van der Waals surface area contributed by atoms with Gasteiger partial charge in [-0.05, 0) is 42.7 Å². The molecule has 0 fully saturated rings. The monoisotopic (exact) mass is 268 g/mol. The van der Waals surface area contributed by atoms with Crippen LogP contribution in [-0.2, 0) is 4.79 Å². The quantitative estimate of drug-likeness (QED) is 0.674. The number of aliphatic carboxylic acids is 1. The highest BCUT2D eigenvalue weighted by atomic mass is 32.2. The standard InChI is InChI=1S/C12H16N2O3S/c1-18-7-6-10(12(16)17)14-11(15)8-2-4-9(13)5-3-8/h2-5,10H,6-7,13H2,1H3,(H,14,15)(H,16,17). The molecule has 1 rings (SSSR count). The van der Waals surface area contributed by atoms with E-state index in [1.54, 1.807) is 36.0 Å². The van der Waals surface area contributed by atoms with Crippen molar-refractivity contribution in [3.8, 4) is 0 Å². The van der Waals surface area contributed by atoms with Crippen LogP contribution in [0.3, 0.4) is 0 Å². The smallest absolute Gasteiger partial charge is 0.326 e. The molecule has 0 heterocycles. The molecule has 98 valence electrons. The van der Waals surface area contributed by atoms with Gasteiger partial charge < -0.3 is 16.2 Å². The van der Waals surface area contributed by atoms with Crippen molar-refractivity contribution < 1.29 is 14.7 Å². The van der Waals surface area contributed by atoms with E-state index in [1.807, 2.05) is 6.26 Å². The number of nitrogens with one attached hydrogen (secondary N) is 1. The van der Waals surface area contributed by atoms with Crippen molar-refractivity contribution in [1.82, 2.24) is 5.32 Å². The number of anilines is 1. The van der Waals surface area contributed by atoms with Gasteiger partial charge in [-0.2, -0.15) is 11.8 Å². The van der Waals surface area contributed by atoms with Crippen LogP contribution < -0.4 is 11.1 Å². The fourth-order valence-corrected chi connectivity index (χ4v) is 1.84. The maximum absolute atomic E-state index is 11.8. The Morgan fingerprint density at radius 2 is 2.00 bits per heavy atom. The molecule has 0 aliphatic carbocycles. The highest BCUT2D eigenvalue weighted by Crippen LogP contribution is 2.07. The Morgan fingerprint density at radius 3 is 2.50 bits per heavy atom. The van der Waals surface area contributed by atoms with E-state index in [4.69, 9.17) is 10.8 Å². The molecular weight excluding hydrogens is 252 g/mol. The van der Waals surface area contributed by atoms with Gasteiger partial charge in [-0.25, -0.2) is 4.79 Å². The van der Waals surface area contributed by atoms with Crippen LogP contribution in [0.5, 0.6) is 0 Å². The average molecular weight is 268 g/mol. The van der Waals surface area contributed by atoms with E-state index in [2.05, 4.69) is 5.32 Å². The molecule has 1 aromatic rings. The highest BCUT2D eigenvalue weighted by molar-refractivity contribution is 7.98. The molecule has 4 N–H and O–H groups in total. The molecule has 0 spiro atoms. The predicted octanol–water partition coefficient (Wildman–Crippen LogP) is 1.20. The molecule has 0 saturated carbocycles. The summed E-state index contributed by atoms with van der Waals surface area (Å²) in [5, 5.41) is 11.5. The van der Waals surface area contributed by atoms with Gasteiger partial charge in [0.2, 0.25) is 0 Å². The predicted molar refractivity (Wildman–Crippen MR) is 72.7 cm³/mol. The van der Waals surface area contributed by atoms with Crippen LogP contribution in [0.15, 0.2) is 24.3 Å². The molecule has 5 nitrogen and oxygen atoms in total. The van der Waals surface area contributed by atoms with Crippen molar-refractivity contribution in [1.29, 1.82) is 0 Å². The number of carboxylic acids is 1. The Bertz CT molecular complexity index is 420. The van der Waals surface area contributed by atoms with E-state index in [0.29, 0.717) is 23.4 Å². The minimum absolute atomic E-state index is 0.400. The normalized spacial score (nSPS) is 11.8. The van der Waals surface area contributed by atoms with Crippen molar-refractivity contribution >= 4 is 29.3 Å². The molecule has 0 radical (unpaired) electrons.